The molecule has 3 aliphatic heterocycles. The Kier molecular flexibility index (Phi) is 5.14. The summed E-state index contributed by atoms with van der Waals surface area (Å²) in [6.45, 7) is 14.1. The molecule has 0 bridgehead atoms. The van der Waals surface area contributed by atoms with Gasteiger partial charge in [-0.1, -0.05) is 20.8 Å². The van der Waals surface area contributed by atoms with Crippen molar-refractivity contribution in [2.75, 3.05) is 59.6 Å². The Morgan fingerprint density at radius 3 is 2.57 bits per heavy atom. The van der Waals surface area contributed by atoms with E-state index in [1.165, 1.54) is 0 Å². The van der Waals surface area contributed by atoms with Gasteiger partial charge in [-0.05, 0) is 29.7 Å². The minimum atomic E-state index is 0.0695. The molecule has 1 aromatic carbocycles. The van der Waals surface area contributed by atoms with Gasteiger partial charge < -0.3 is 14.4 Å². The highest BCUT2D eigenvalue weighted by atomic mass is 16.5. The zero-order valence-corrected chi connectivity index (χ0v) is 17.6. The number of nitrogens with zero attached hydrogens (tertiary/aromatic N) is 3. The van der Waals surface area contributed by atoms with Gasteiger partial charge in [-0.2, -0.15) is 0 Å². The minimum absolute atomic E-state index is 0.0695. The van der Waals surface area contributed by atoms with Crippen LogP contribution in [0.1, 0.15) is 31.1 Å². The summed E-state index contributed by atoms with van der Waals surface area (Å²) in [6.07, 6.45) is 0. The number of rotatable bonds is 3. The first-order valence-electron chi connectivity index (χ1n) is 10.3. The fourth-order valence-electron chi connectivity index (χ4n) is 5.12. The lowest BCUT2D eigenvalue weighted by Gasteiger charge is -2.64. The van der Waals surface area contributed by atoms with E-state index in [4.69, 9.17) is 9.47 Å². The van der Waals surface area contributed by atoms with Crippen molar-refractivity contribution in [3.8, 4) is 5.75 Å². The van der Waals surface area contributed by atoms with Gasteiger partial charge in [0, 0.05) is 44.8 Å². The van der Waals surface area contributed by atoms with Crippen LogP contribution in [0.15, 0.2) is 24.3 Å². The molecule has 6 nitrogen and oxygen atoms in total. The number of piperazine rings is 1. The largest absolute Gasteiger partial charge is 0.497 e. The van der Waals surface area contributed by atoms with Gasteiger partial charge in [-0.25, -0.2) is 0 Å². The number of hydrogen-bond acceptors (Lipinski definition) is 5. The fourth-order valence-corrected chi connectivity index (χ4v) is 5.12. The number of methoxy groups -OCH3 is 1. The molecule has 0 aliphatic carbocycles. The smallest absolute Gasteiger partial charge is 0.253 e. The molecule has 1 spiro atoms. The van der Waals surface area contributed by atoms with Crippen LogP contribution >= 0.6 is 0 Å². The van der Waals surface area contributed by atoms with E-state index in [2.05, 4.69) is 30.6 Å². The second-order valence-corrected chi connectivity index (χ2v) is 9.77. The molecular weight excluding hydrogens is 354 g/mol. The van der Waals surface area contributed by atoms with E-state index >= 15 is 0 Å². The van der Waals surface area contributed by atoms with Crippen LogP contribution in [0.25, 0.3) is 0 Å². The second kappa shape index (κ2) is 7.32. The summed E-state index contributed by atoms with van der Waals surface area (Å²) in [4.78, 5) is 20.4. The number of carbonyl (C=O) groups is 1. The van der Waals surface area contributed by atoms with E-state index in [0.717, 1.165) is 57.2 Å². The first kappa shape index (κ1) is 19.7. The van der Waals surface area contributed by atoms with Crippen molar-refractivity contribution in [3.05, 3.63) is 29.8 Å². The normalized spacial score (nSPS) is 25.3. The lowest BCUT2D eigenvalue weighted by Crippen LogP contribution is -2.81. The summed E-state index contributed by atoms with van der Waals surface area (Å²) < 4.78 is 11.0. The highest BCUT2D eigenvalue weighted by Gasteiger charge is 2.55. The van der Waals surface area contributed by atoms with Crippen LogP contribution in [0.4, 0.5) is 0 Å². The Hall–Kier alpha value is -1.63. The topological polar surface area (TPSA) is 45.2 Å². The number of hydrogen-bond donors (Lipinski definition) is 0. The number of amides is 1. The number of ether oxygens (including phenoxy) is 2. The van der Waals surface area contributed by atoms with E-state index in [0.29, 0.717) is 18.1 Å². The quantitative estimate of drug-likeness (QED) is 0.793. The Morgan fingerprint density at radius 1 is 1.21 bits per heavy atom. The zero-order chi connectivity index (χ0) is 19.9. The maximum absolute atomic E-state index is 13.2. The van der Waals surface area contributed by atoms with Crippen LogP contribution in [0.3, 0.4) is 0 Å². The molecule has 3 heterocycles. The first-order chi connectivity index (χ1) is 13.3. The standard InChI is InChI=1S/C22H33N3O3/c1-21(2,3)13-23-14-22(15-23)16-24(11-18-12-28-10-9-25(18)22)20(26)17-5-7-19(27-4)8-6-17/h5-8,18H,9-16H2,1-4H3/t18-/m1/s1. The summed E-state index contributed by atoms with van der Waals surface area (Å²) in [5.74, 6) is 0.886. The summed E-state index contributed by atoms with van der Waals surface area (Å²) in [7, 11) is 1.64. The molecule has 1 amide bonds. The number of likely N-dealkylation sites (tertiary alicyclic amines) is 1. The average molecular weight is 388 g/mol. The molecule has 154 valence electrons. The molecule has 6 heteroatoms. The summed E-state index contributed by atoms with van der Waals surface area (Å²) in [5, 5.41) is 0. The first-order valence-corrected chi connectivity index (χ1v) is 10.3. The zero-order valence-electron chi connectivity index (χ0n) is 17.6. The van der Waals surface area contributed by atoms with Gasteiger partial charge in [-0.3, -0.25) is 14.6 Å². The van der Waals surface area contributed by atoms with Crippen molar-refractivity contribution in [2.24, 2.45) is 5.41 Å². The van der Waals surface area contributed by atoms with Gasteiger partial charge in [0.15, 0.2) is 0 Å². The van der Waals surface area contributed by atoms with Crippen LogP contribution in [-0.4, -0.2) is 91.8 Å². The maximum Gasteiger partial charge on any atom is 0.253 e. The predicted molar refractivity (Wildman–Crippen MR) is 109 cm³/mol. The van der Waals surface area contributed by atoms with E-state index < -0.39 is 0 Å². The monoisotopic (exact) mass is 387 g/mol. The molecule has 3 saturated heterocycles. The van der Waals surface area contributed by atoms with Crippen LogP contribution in [-0.2, 0) is 4.74 Å². The Morgan fingerprint density at radius 2 is 1.93 bits per heavy atom. The number of morpholine rings is 1. The third-order valence-corrected chi connectivity index (χ3v) is 6.11. The van der Waals surface area contributed by atoms with Crippen molar-refractivity contribution >= 4 is 5.91 Å². The van der Waals surface area contributed by atoms with Gasteiger partial charge in [0.2, 0.25) is 0 Å². The molecule has 3 fully saturated rings. The third-order valence-electron chi connectivity index (χ3n) is 6.11. The second-order valence-electron chi connectivity index (χ2n) is 9.77. The number of fused-ring (bicyclic) bond motifs is 2. The molecule has 4 rings (SSSR count). The van der Waals surface area contributed by atoms with Crippen molar-refractivity contribution in [1.82, 2.24) is 14.7 Å². The molecule has 0 saturated carbocycles. The van der Waals surface area contributed by atoms with E-state index in [1.54, 1.807) is 7.11 Å². The Bertz CT molecular complexity index is 707. The molecule has 3 aliphatic rings. The predicted octanol–water partition coefficient (Wildman–Crippen LogP) is 1.95. The van der Waals surface area contributed by atoms with Gasteiger partial charge in [-0.15, -0.1) is 0 Å². The molecule has 0 N–H and O–H groups in total. The van der Waals surface area contributed by atoms with Crippen LogP contribution in [0.2, 0.25) is 0 Å². The minimum Gasteiger partial charge on any atom is -0.497 e. The van der Waals surface area contributed by atoms with Crippen molar-refractivity contribution in [3.63, 3.8) is 0 Å². The lowest BCUT2D eigenvalue weighted by atomic mass is 9.80. The highest BCUT2D eigenvalue weighted by Crippen LogP contribution is 2.37. The van der Waals surface area contributed by atoms with Crippen molar-refractivity contribution < 1.29 is 14.3 Å². The molecule has 0 radical (unpaired) electrons. The van der Waals surface area contributed by atoms with Gasteiger partial charge >= 0.3 is 0 Å². The maximum atomic E-state index is 13.2. The van der Waals surface area contributed by atoms with E-state index in [1.807, 2.05) is 29.2 Å². The van der Waals surface area contributed by atoms with E-state index in [9.17, 15) is 4.79 Å². The summed E-state index contributed by atoms with van der Waals surface area (Å²) in [6, 6.07) is 7.74. The Labute approximate surface area is 168 Å². The summed E-state index contributed by atoms with van der Waals surface area (Å²) >= 11 is 0. The SMILES string of the molecule is COc1ccc(C(=O)N2C[C@@H]3COCCN3C3(CN(CC(C)(C)C)C3)C2)cc1. The van der Waals surface area contributed by atoms with Gasteiger partial charge in [0.05, 0.1) is 31.9 Å². The average Bonchev–Trinajstić information content (AvgIpc) is 2.65. The Balaban J connectivity index is 1.51. The van der Waals surface area contributed by atoms with Crippen LogP contribution in [0, 0.1) is 5.41 Å². The van der Waals surface area contributed by atoms with E-state index in [-0.39, 0.29) is 11.4 Å². The van der Waals surface area contributed by atoms with Gasteiger partial charge in [0.25, 0.3) is 5.91 Å². The molecule has 0 unspecified atom stereocenters. The fraction of sp³-hybridized carbons (Fsp3) is 0.682. The molecule has 1 atom stereocenters. The number of benzene rings is 1. The molecule has 1 aromatic rings. The van der Waals surface area contributed by atoms with Crippen LogP contribution < -0.4 is 4.74 Å². The van der Waals surface area contributed by atoms with Gasteiger partial charge in [0.1, 0.15) is 5.75 Å². The van der Waals surface area contributed by atoms with Crippen LogP contribution in [0.5, 0.6) is 5.75 Å². The summed E-state index contributed by atoms with van der Waals surface area (Å²) in [5.41, 5.74) is 1.09. The lowest BCUT2D eigenvalue weighted by molar-refractivity contribution is -0.162. The third kappa shape index (κ3) is 3.78. The molecular formula is C22H33N3O3. The van der Waals surface area contributed by atoms with Crippen molar-refractivity contribution in [1.29, 1.82) is 0 Å². The highest BCUT2D eigenvalue weighted by molar-refractivity contribution is 5.94. The molecule has 28 heavy (non-hydrogen) atoms. The number of carbonyl (C=O) groups excluding carboxylic acids is 1. The molecule has 0 aromatic heterocycles. The van der Waals surface area contributed by atoms with Crippen molar-refractivity contribution in [2.45, 2.75) is 32.4 Å².